The molecule has 0 spiro atoms. The first-order chi connectivity index (χ1) is 19.5. The van der Waals surface area contributed by atoms with Gasteiger partial charge in [-0.1, -0.05) is 24.3 Å². The van der Waals surface area contributed by atoms with E-state index in [-0.39, 0.29) is 12.6 Å². The molecule has 1 atom stereocenters. The third-order valence-corrected chi connectivity index (χ3v) is 7.43. The number of carbonyl (C=O) groups is 1. The molecule has 1 N–H and O–H groups in total. The van der Waals surface area contributed by atoms with Crippen LogP contribution >= 0.6 is 0 Å². The van der Waals surface area contributed by atoms with Crippen LogP contribution in [0.25, 0.3) is 10.9 Å². The summed E-state index contributed by atoms with van der Waals surface area (Å²) < 4.78 is 81.0. The van der Waals surface area contributed by atoms with Crippen LogP contribution in [0.4, 0.5) is 26.3 Å². The third-order valence-electron chi connectivity index (χ3n) is 7.43. The maximum absolute atomic E-state index is 13.6. The Kier molecular flexibility index (Phi) is 8.08. The molecule has 0 saturated carbocycles. The summed E-state index contributed by atoms with van der Waals surface area (Å²) in [4.78, 5) is 24.8. The molecule has 41 heavy (non-hydrogen) atoms. The molecule has 0 unspecified atom stereocenters. The number of aromatic amines is 1. The highest BCUT2D eigenvalue weighted by atomic mass is 19.4. The van der Waals surface area contributed by atoms with Gasteiger partial charge < -0.3 is 9.88 Å². The van der Waals surface area contributed by atoms with Crippen LogP contribution in [-0.4, -0.2) is 57.9 Å². The fourth-order valence-electron chi connectivity index (χ4n) is 5.39. The Morgan fingerprint density at radius 3 is 2.32 bits per heavy atom. The lowest BCUT2D eigenvalue weighted by atomic mass is 9.98. The summed E-state index contributed by atoms with van der Waals surface area (Å²) in [5.41, 5.74) is -0.856. The largest absolute Gasteiger partial charge is 0.416 e. The molecule has 11 heteroatoms. The number of nitrogens with one attached hydrogen (secondary N) is 1. The topological polar surface area (TPSA) is 52.2 Å². The molecule has 0 bridgehead atoms. The first-order valence-electron chi connectivity index (χ1n) is 13.3. The van der Waals surface area contributed by atoms with Crippen LogP contribution in [0, 0.1) is 0 Å². The lowest BCUT2D eigenvalue weighted by Crippen LogP contribution is -2.56. The predicted molar refractivity (Wildman–Crippen MR) is 142 cm³/mol. The summed E-state index contributed by atoms with van der Waals surface area (Å²) in [5, 5.41) is 0.950. The molecule has 3 heterocycles. The maximum Gasteiger partial charge on any atom is 0.416 e. The van der Waals surface area contributed by atoms with E-state index in [0.29, 0.717) is 38.2 Å². The lowest BCUT2D eigenvalue weighted by molar-refractivity contribution is -0.143. The van der Waals surface area contributed by atoms with E-state index in [2.05, 4.69) is 14.9 Å². The fourth-order valence-corrected chi connectivity index (χ4v) is 5.39. The van der Waals surface area contributed by atoms with E-state index in [1.165, 1.54) is 4.90 Å². The zero-order valence-electron chi connectivity index (χ0n) is 22.0. The number of benzene rings is 2. The summed E-state index contributed by atoms with van der Waals surface area (Å²) >= 11 is 0. The van der Waals surface area contributed by atoms with Gasteiger partial charge in [-0.05, 0) is 67.8 Å². The van der Waals surface area contributed by atoms with E-state index < -0.39 is 41.0 Å². The van der Waals surface area contributed by atoms with Crippen molar-refractivity contribution in [1.82, 2.24) is 19.8 Å². The number of para-hydroxylation sites is 1. The van der Waals surface area contributed by atoms with Gasteiger partial charge in [-0.3, -0.25) is 14.7 Å². The smallest absolute Gasteiger partial charge is 0.361 e. The molecule has 5 rings (SSSR count). The molecule has 1 saturated heterocycles. The summed E-state index contributed by atoms with van der Waals surface area (Å²) in [6, 6.07) is 13.9. The molecule has 4 aromatic rings. The minimum absolute atomic E-state index is 0.0414. The Balaban J connectivity index is 1.41. The molecule has 1 fully saturated rings. The summed E-state index contributed by atoms with van der Waals surface area (Å²) in [7, 11) is 0. The number of halogens is 6. The highest BCUT2D eigenvalue weighted by Crippen LogP contribution is 2.37. The second kappa shape index (κ2) is 11.6. The number of piperazine rings is 1. The zero-order chi connectivity index (χ0) is 29.2. The number of pyridine rings is 1. The number of hydrogen-bond donors (Lipinski definition) is 1. The van der Waals surface area contributed by atoms with E-state index >= 15 is 0 Å². The molecule has 0 radical (unpaired) electrons. The van der Waals surface area contributed by atoms with Gasteiger partial charge in [-0.2, -0.15) is 26.3 Å². The molecule has 216 valence electrons. The molecule has 2 aromatic heterocycles. The molecule has 1 aliphatic heterocycles. The van der Waals surface area contributed by atoms with Crippen LogP contribution in [0.2, 0.25) is 0 Å². The fraction of sp³-hybridized carbons (Fsp3) is 0.333. The van der Waals surface area contributed by atoms with Gasteiger partial charge in [0.1, 0.15) is 0 Å². The normalized spacial score (nSPS) is 16.8. The van der Waals surface area contributed by atoms with Crippen molar-refractivity contribution in [3.8, 4) is 0 Å². The van der Waals surface area contributed by atoms with E-state index in [9.17, 15) is 31.1 Å². The Morgan fingerprint density at radius 1 is 0.927 bits per heavy atom. The number of alkyl halides is 6. The number of nitrogens with zero attached hydrogens (tertiary/aromatic N) is 3. The number of aromatic nitrogens is 2. The highest BCUT2D eigenvalue weighted by Gasteiger charge is 2.39. The van der Waals surface area contributed by atoms with Crippen LogP contribution < -0.4 is 0 Å². The predicted octanol–water partition coefficient (Wildman–Crippen LogP) is 6.60. The standard InChI is InChI=1S/C30H28F6N4O/c31-29(32,33)22-14-20(15-23(17-22)30(34,35)36)28(41)40-13-12-39(11-5-7-24-6-3-4-10-37-24)19-25(40)16-21-18-38-27-9-2-1-8-26(21)27/h1-4,6,8-10,14-15,17-18,25,38H,5,7,11-13,16,19H2/t25-/m1/s1. The first kappa shape index (κ1) is 28.7. The lowest BCUT2D eigenvalue weighted by Gasteiger charge is -2.42. The van der Waals surface area contributed by atoms with Gasteiger partial charge in [0.25, 0.3) is 5.91 Å². The summed E-state index contributed by atoms with van der Waals surface area (Å²) in [6.07, 6.45) is -4.55. The van der Waals surface area contributed by atoms with Gasteiger partial charge in [0.15, 0.2) is 0 Å². The maximum atomic E-state index is 13.6. The van der Waals surface area contributed by atoms with Crippen molar-refractivity contribution >= 4 is 16.8 Å². The van der Waals surface area contributed by atoms with Gasteiger partial charge in [-0.15, -0.1) is 0 Å². The molecule has 5 nitrogen and oxygen atoms in total. The summed E-state index contributed by atoms with van der Waals surface area (Å²) in [5.74, 6) is -0.848. The van der Waals surface area contributed by atoms with E-state index in [1.54, 1.807) is 6.20 Å². The van der Waals surface area contributed by atoms with E-state index in [4.69, 9.17) is 0 Å². The molecular weight excluding hydrogens is 546 g/mol. The number of aryl methyl sites for hydroxylation is 1. The van der Waals surface area contributed by atoms with Crippen LogP contribution in [0.1, 0.15) is 39.2 Å². The molecule has 0 aliphatic carbocycles. The van der Waals surface area contributed by atoms with Crippen molar-refractivity contribution in [3.05, 3.63) is 101 Å². The number of amides is 1. The molecule has 1 amide bonds. The number of carbonyl (C=O) groups excluding carboxylic acids is 1. The Labute approximate surface area is 232 Å². The average Bonchev–Trinajstić information content (AvgIpc) is 3.35. The van der Waals surface area contributed by atoms with Gasteiger partial charge in [0.2, 0.25) is 0 Å². The van der Waals surface area contributed by atoms with Crippen molar-refractivity contribution in [2.45, 2.75) is 37.7 Å². The van der Waals surface area contributed by atoms with Crippen molar-refractivity contribution in [2.75, 3.05) is 26.2 Å². The first-order valence-corrected chi connectivity index (χ1v) is 13.3. The number of fused-ring (bicyclic) bond motifs is 1. The third kappa shape index (κ3) is 6.73. The minimum atomic E-state index is -5.04. The second-order valence-electron chi connectivity index (χ2n) is 10.2. The Hall–Kier alpha value is -3.86. The van der Waals surface area contributed by atoms with Crippen LogP contribution in [0.3, 0.4) is 0 Å². The Morgan fingerprint density at radius 2 is 1.63 bits per heavy atom. The zero-order valence-corrected chi connectivity index (χ0v) is 22.0. The monoisotopic (exact) mass is 574 g/mol. The Bertz CT molecular complexity index is 1470. The SMILES string of the molecule is O=C(c1cc(C(F)(F)F)cc(C(F)(F)F)c1)N1CCN(CCCc2ccccn2)C[C@H]1Cc1c[nH]c2ccccc12. The number of hydrogen-bond acceptors (Lipinski definition) is 3. The van der Waals surface area contributed by atoms with E-state index in [1.807, 2.05) is 48.7 Å². The quantitative estimate of drug-likeness (QED) is 0.253. The average molecular weight is 575 g/mol. The van der Waals surface area contributed by atoms with Crippen LogP contribution in [0.15, 0.2) is 73.1 Å². The van der Waals surface area contributed by atoms with Gasteiger partial charge in [-0.25, -0.2) is 0 Å². The van der Waals surface area contributed by atoms with Gasteiger partial charge in [0, 0.05) is 60.2 Å². The van der Waals surface area contributed by atoms with Gasteiger partial charge >= 0.3 is 12.4 Å². The molecule has 1 aliphatic rings. The second-order valence-corrected chi connectivity index (χ2v) is 10.2. The molecule has 2 aromatic carbocycles. The highest BCUT2D eigenvalue weighted by molar-refractivity contribution is 5.95. The number of rotatable bonds is 7. The van der Waals surface area contributed by atoms with Crippen molar-refractivity contribution < 1.29 is 31.1 Å². The summed E-state index contributed by atoms with van der Waals surface area (Å²) in [6.45, 7) is 1.76. The van der Waals surface area contributed by atoms with Crippen molar-refractivity contribution in [2.24, 2.45) is 0 Å². The molecular formula is C30H28F6N4O. The van der Waals surface area contributed by atoms with Crippen molar-refractivity contribution in [3.63, 3.8) is 0 Å². The van der Waals surface area contributed by atoms with Gasteiger partial charge in [0.05, 0.1) is 11.1 Å². The number of H-pyrrole nitrogens is 1. The van der Waals surface area contributed by atoms with Crippen LogP contribution in [0.5, 0.6) is 0 Å². The van der Waals surface area contributed by atoms with Crippen molar-refractivity contribution in [1.29, 1.82) is 0 Å². The minimum Gasteiger partial charge on any atom is -0.361 e. The van der Waals surface area contributed by atoms with E-state index in [0.717, 1.165) is 35.0 Å². The van der Waals surface area contributed by atoms with Crippen LogP contribution in [-0.2, 0) is 25.2 Å².